The Kier molecular flexibility index (Phi) is 5.45. The van der Waals surface area contributed by atoms with Gasteiger partial charge < -0.3 is 11.1 Å². The molecule has 1 aromatic carbocycles. The third kappa shape index (κ3) is 5.00. The van der Waals surface area contributed by atoms with E-state index in [0.29, 0.717) is 6.54 Å². The Morgan fingerprint density at radius 1 is 1.38 bits per heavy atom. The number of nitrogens with zero attached hydrogens (tertiary/aromatic N) is 3. The summed E-state index contributed by atoms with van der Waals surface area (Å²) < 4.78 is 1.56. The number of benzene rings is 1. The quantitative estimate of drug-likeness (QED) is 0.756. The van der Waals surface area contributed by atoms with E-state index in [-0.39, 0.29) is 12.5 Å². The number of hydrogen-bond donors (Lipinski definition) is 2. The molecular weight excluding hydrogens is 266 g/mol. The van der Waals surface area contributed by atoms with Crippen LogP contribution in [0.5, 0.6) is 0 Å². The molecule has 0 fully saturated rings. The summed E-state index contributed by atoms with van der Waals surface area (Å²) in [4.78, 5) is 11.9. The Bertz CT molecular complexity index is 593. The summed E-state index contributed by atoms with van der Waals surface area (Å²) in [6, 6.07) is 7.69. The van der Waals surface area contributed by atoms with Crippen molar-refractivity contribution in [3.8, 4) is 0 Å². The SMILES string of the molecule is Cc1cccc(NC(=O)Cn2cc(CCCCN)nn2)c1. The van der Waals surface area contributed by atoms with Crippen molar-refractivity contribution in [1.29, 1.82) is 0 Å². The summed E-state index contributed by atoms with van der Waals surface area (Å²) in [6.07, 6.45) is 4.62. The van der Waals surface area contributed by atoms with E-state index in [1.807, 2.05) is 37.4 Å². The van der Waals surface area contributed by atoms with Crippen molar-refractivity contribution < 1.29 is 4.79 Å². The lowest BCUT2D eigenvalue weighted by molar-refractivity contribution is -0.116. The first-order valence-corrected chi connectivity index (χ1v) is 7.13. The van der Waals surface area contributed by atoms with Crippen LogP contribution in [0.1, 0.15) is 24.1 Å². The van der Waals surface area contributed by atoms with Gasteiger partial charge in [0.25, 0.3) is 0 Å². The van der Waals surface area contributed by atoms with Crippen LogP contribution >= 0.6 is 0 Å². The first-order valence-electron chi connectivity index (χ1n) is 7.13. The fourth-order valence-electron chi connectivity index (χ4n) is 2.05. The minimum Gasteiger partial charge on any atom is -0.330 e. The van der Waals surface area contributed by atoms with Crippen LogP contribution in [0.3, 0.4) is 0 Å². The van der Waals surface area contributed by atoms with Crippen LogP contribution in [-0.2, 0) is 17.8 Å². The van der Waals surface area contributed by atoms with Crippen molar-refractivity contribution in [2.24, 2.45) is 5.73 Å². The summed E-state index contributed by atoms with van der Waals surface area (Å²) in [7, 11) is 0. The molecule has 0 bridgehead atoms. The van der Waals surface area contributed by atoms with Crippen molar-refractivity contribution >= 4 is 11.6 Å². The van der Waals surface area contributed by atoms with Crippen molar-refractivity contribution in [1.82, 2.24) is 15.0 Å². The second-order valence-electron chi connectivity index (χ2n) is 5.07. The normalized spacial score (nSPS) is 10.6. The maximum absolute atomic E-state index is 11.9. The topological polar surface area (TPSA) is 85.8 Å². The molecule has 0 aliphatic heterocycles. The van der Waals surface area contributed by atoms with Gasteiger partial charge in [0.2, 0.25) is 5.91 Å². The van der Waals surface area contributed by atoms with Crippen LogP contribution in [0, 0.1) is 6.92 Å². The second kappa shape index (κ2) is 7.54. The predicted octanol–water partition coefficient (Wildman–Crippen LogP) is 1.51. The molecular formula is C15H21N5O. The number of rotatable bonds is 7. The average molecular weight is 287 g/mol. The monoisotopic (exact) mass is 287 g/mol. The smallest absolute Gasteiger partial charge is 0.246 e. The van der Waals surface area contributed by atoms with Gasteiger partial charge in [0.05, 0.1) is 5.69 Å². The molecule has 2 rings (SSSR count). The van der Waals surface area contributed by atoms with E-state index in [4.69, 9.17) is 5.73 Å². The minimum atomic E-state index is -0.112. The Morgan fingerprint density at radius 3 is 3.00 bits per heavy atom. The number of carbonyl (C=O) groups excluding carboxylic acids is 1. The molecule has 0 unspecified atom stereocenters. The molecule has 6 heteroatoms. The number of unbranched alkanes of at least 4 members (excludes halogenated alkanes) is 1. The van der Waals surface area contributed by atoms with Crippen molar-refractivity contribution in [2.45, 2.75) is 32.7 Å². The number of hydrogen-bond acceptors (Lipinski definition) is 4. The van der Waals surface area contributed by atoms with E-state index >= 15 is 0 Å². The van der Waals surface area contributed by atoms with Gasteiger partial charge in [0.1, 0.15) is 6.54 Å². The molecule has 0 atom stereocenters. The summed E-state index contributed by atoms with van der Waals surface area (Å²) in [5.74, 6) is -0.112. The molecule has 21 heavy (non-hydrogen) atoms. The summed E-state index contributed by atoms with van der Waals surface area (Å²) in [5, 5.41) is 10.9. The Balaban J connectivity index is 1.85. The van der Waals surface area contributed by atoms with Gasteiger partial charge in [0.15, 0.2) is 0 Å². The highest BCUT2D eigenvalue weighted by atomic mass is 16.2. The number of aromatic nitrogens is 3. The van der Waals surface area contributed by atoms with Gasteiger partial charge in [-0.05, 0) is 50.4 Å². The van der Waals surface area contributed by atoms with Crippen LogP contribution in [0.2, 0.25) is 0 Å². The van der Waals surface area contributed by atoms with Crippen LogP contribution in [0.25, 0.3) is 0 Å². The van der Waals surface area contributed by atoms with E-state index in [2.05, 4.69) is 15.6 Å². The van der Waals surface area contributed by atoms with E-state index in [0.717, 1.165) is 36.2 Å². The number of amides is 1. The molecule has 6 nitrogen and oxygen atoms in total. The van der Waals surface area contributed by atoms with Gasteiger partial charge in [-0.2, -0.15) is 0 Å². The zero-order chi connectivity index (χ0) is 15.1. The van der Waals surface area contributed by atoms with Crippen LogP contribution < -0.4 is 11.1 Å². The lowest BCUT2D eigenvalue weighted by Crippen LogP contribution is -2.19. The molecule has 1 aromatic heterocycles. The van der Waals surface area contributed by atoms with Crippen LogP contribution in [0.15, 0.2) is 30.5 Å². The summed E-state index contributed by atoms with van der Waals surface area (Å²) in [5.41, 5.74) is 8.25. The molecule has 112 valence electrons. The second-order valence-corrected chi connectivity index (χ2v) is 5.07. The standard InChI is InChI=1S/C15H21N5O/c1-12-5-4-7-13(9-12)17-15(21)11-20-10-14(18-19-20)6-2-3-8-16/h4-5,7,9-10H,2-3,6,8,11,16H2,1H3,(H,17,21). The fourth-order valence-corrected chi connectivity index (χ4v) is 2.05. The van der Waals surface area contributed by atoms with Crippen LogP contribution in [0.4, 0.5) is 5.69 Å². The maximum Gasteiger partial charge on any atom is 0.246 e. The number of carbonyl (C=O) groups is 1. The minimum absolute atomic E-state index is 0.112. The highest BCUT2D eigenvalue weighted by Gasteiger charge is 2.06. The van der Waals surface area contributed by atoms with Gasteiger partial charge in [-0.25, -0.2) is 4.68 Å². The average Bonchev–Trinajstić information content (AvgIpc) is 2.86. The van der Waals surface area contributed by atoms with Crippen LogP contribution in [-0.4, -0.2) is 27.4 Å². The maximum atomic E-state index is 11.9. The fraction of sp³-hybridized carbons (Fsp3) is 0.400. The summed E-state index contributed by atoms with van der Waals surface area (Å²) in [6.45, 7) is 2.84. The van der Waals surface area contributed by atoms with Gasteiger partial charge in [-0.1, -0.05) is 17.3 Å². The molecule has 0 saturated heterocycles. The van der Waals surface area contributed by atoms with Gasteiger partial charge >= 0.3 is 0 Å². The number of anilines is 1. The molecule has 0 aliphatic carbocycles. The highest BCUT2D eigenvalue weighted by Crippen LogP contribution is 2.09. The zero-order valence-corrected chi connectivity index (χ0v) is 12.2. The van der Waals surface area contributed by atoms with Crippen molar-refractivity contribution in [3.63, 3.8) is 0 Å². The molecule has 1 heterocycles. The molecule has 0 aliphatic rings. The van der Waals surface area contributed by atoms with E-state index in [1.54, 1.807) is 4.68 Å². The number of nitrogens with one attached hydrogen (secondary N) is 1. The van der Waals surface area contributed by atoms with Gasteiger partial charge in [-0.3, -0.25) is 4.79 Å². The zero-order valence-electron chi connectivity index (χ0n) is 12.2. The largest absolute Gasteiger partial charge is 0.330 e. The van der Waals surface area contributed by atoms with E-state index in [9.17, 15) is 4.79 Å². The Labute approximate surface area is 124 Å². The molecule has 3 N–H and O–H groups in total. The van der Waals surface area contributed by atoms with E-state index < -0.39 is 0 Å². The van der Waals surface area contributed by atoms with Gasteiger partial charge in [-0.15, -0.1) is 5.10 Å². The molecule has 0 spiro atoms. The molecule has 0 saturated carbocycles. The van der Waals surface area contributed by atoms with Crippen molar-refractivity contribution in [3.05, 3.63) is 41.7 Å². The number of aryl methyl sites for hydroxylation is 2. The lowest BCUT2D eigenvalue weighted by Gasteiger charge is -2.05. The Hall–Kier alpha value is -2.21. The third-order valence-corrected chi connectivity index (χ3v) is 3.08. The van der Waals surface area contributed by atoms with E-state index in [1.165, 1.54) is 0 Å². The van der Waals surface area contributed by atoms with Gasteiger partial charge in [0, 0.05) is 11.9 Å². The number of nitrogens with two attached hydrogens (primary N) is 1. The Morgan fingerprint density at radius 2 is 2.24 bits per heavy atom. The predicted molar refractivity (Wildman–Crippen MR) is 81.8 cm³/mol. The molecule has 2 aromatic rings. The molecule has 0 radical (unpaired) electrons. The molecule has 1 amide bonds. The van der Waals surface area contributed by atoms with Crippen molar-refractivity contribution in [2.75, 3.05) is 11.9 Å². The third-order valence-electron chi connectivity index (χ3n) is 3.08. The lowest BCUT2D eigenvalue weighted by atomic mass is 10.2. The highest BCUT2D eigenvalue weighted by molar-refractivity contribution is 5.90. The first kappa shape index (κ1) is 15.2. The summed E-state index contributed by atoms with van der Waals surface area (Å²) >= 11 is 0. The first-order chi connectivity index (χ1) is 10.2.